The molecule has 0 aliphatic rings. The van der Waals surface area contributed by atoms with E-state index in [2.05, 4.69) is 4.74 Å². The molecule has 0 aromatic rings. The lowest BCUT2D eigenvalue weighted by Gasteiger charge is -2.20. The first kappa shape index (κ1) is 13.9. The highest BCUT2D eigenvalue weighted by Crippen LogP contribution is 2.21. The van der Waals surface area contributed by atoms with Crippen molar-refractivity contribution in [2.45, 2.75) is 39.5 Å². The van der Waals surface area contributed by atoms with Crippen molar-refractivity contribution >= 4 is 11.9 Å². The lowest BCUT2D eigenvalue weighted by molar-refractivity contribution is -0.307. The Bertz CT molecular complexity index is 211. The van der Waals surface area contributed by atoms with Crippen molar-refractivity contribution in [2.24, 2.45) is 11.8 Å². The number of esters is 1. The molecule has 0 spiro atoms. The van der Waals surface area contributed by atoms with Gasteiger partial charge in [0.05, 0.1) is 7.11 Å². The van der Waals surface area contributed by atoms with Crippen molar-refractivity contribution in [3.63, 3.8) is 0 Å². The van der Waals surface area contributed by atoms with Crippen LogP contribution in [0.1, 0.15) is 39.5 Å². The zero-order chi connectivity index (χ0) is 11.8. The summed E-state index contributed by atoms with van der Waals surface area (Å²) in [6.07, 6.45) is 1.81. The largest absolute Gasteiger partial charge is 0.550 e. The van der Waals surface area contributed by atoms with E-state index >= 15 is 0 Å². The fourth-order valence-corrected chi connectivity index (χ4v) is 1.50. The van der Waals surface area contributed by atoms with E-state index in [1.54, 1.807) is 0 Å². The predicted molar refractivity (Wildman–Crippen MR) is 53.8 cm³/mol. The number of ether oxygens (including phenoxy) is 1. The lowest BCUT2D eigenvalue weighted by atomic mass is 9.88. The van der Waals surface area contributed by atoms with Crippen molar-refractivity contribution in [3.05, 3.63) is 0 Å². The fraction of sp³-hybridized carbons (Fsp3) is 0.818. The van der Waals surface area contributed by atoms with Gasteiger partial charge in [-0.25, -0.2) is 0 Å². The molecule has 0 rings (SSSR count). The van der Waals surface area contributed by atoms with E-state index in [1.807, 2.05) is 13.8 Å². The van der Waals surface area contributed by atoms with Crippen LogP contribution in [0.3, 0.4) is 0 Å². The number of methoxy groups -OCH3 is 1. The minimum absolute atomic E-state index is 0.0683. The van der Waals surface area contributed by atoms with Gasteiger partial charge in [0, 0.05) is 12.4 Å². The molecule has 0 aliphatic heterocycles. The maximum absolute atomic E-state index is 10.8. The third-order valence-electron chi connectivity index (χ3n) is 2.56. The Labute approximate surface area is 90.6 Å². The predicted octanol–water partition coefficient (Wildman–Crippen LogP) is 0.742. The second-order valence-electron chi connectivity index (χ2n) is 4.05. The average Bonchev–Trinajstić information content (AvgIpc) is 2.15. The Hall–Kier alpha value is -1.06. The quantitative estimate of drug-likeness (QED) is 0.587. The molecule has 0 radical (unpaired) electrons. The monoisotopic (exact) mass is 215 g/mol. The molecule has 4 heteroatoms. The van der Waals surface area contributed by atoms with Gasteiger partial charge in [-0.3, -0.25) is 4.79 Å². The molecule has 0 aromatic carbocycles. The maximum Gasteiger partial charge on any atom is 0.305 e. The Morgan fingerprint density at radius 1 is 1.33 bits per heavy atom. The van der Waals surface area contributed by atoms with Gasteiger partial charge in [0.15, 0.2) is 0 Å². The molecule has 0 amide bonds. The SMILES string of the molecule is COC(=O)CCCC(CC(=O)[O-])C(C)C. The summed E-state index contributed by atoms with van der Waals surface area (Å²) in [4.78, 5) is 21.3. The van der Waals surface area contributed by atoms with E-state index < -0.39 is 5.97 Å². The molecule has 0 saturated carbocycles. The van der Waals surface area contributed by atoms with Crippen molar-refractivity contribution in [1.82, 2.24) is 0 Å². The Kier molecular flexibility index (Phi) is 6.75. The maximum atomic E-state index is 10.8. The van der Waals surface area contributed by atoms with Crippen LogP contribution < -0.4 is 5.11 Å². The Morgan fingerprint density at radius 2 is 1.93 bits per heavy atom. The molecular weight excluding hydrogens is 196 g/mol. The third kappa shape index (κ3) is 6.94. The fourth-order valence-electron chi connectivity index (χ4n) is 1.50. The van der Waals surface area contributed by atoms with Crippen molar-refractivity contribution in [2.75, 3.05) is 7.11 Å². The highest BCUT2D eigenvalue weighted by atomic mass is 16.5. The van der Waals surface area contributed by atoms with Crippen LogP contribution in [0.2, 0.25) is 0 Å². The molecule has 0 heterocycles. The minimum atomic E-state index is -1.02. The summed E-state index contributed by atoms with van der Waals surface area (Å²) in [6, 6.07) is 0. The van der Waals surface area contributed by atoms with Gasteiger partial charge in [-0.2, -0.15) is 0 Å². The third-order valence-corrected chi connectivity index (χ3v) is 2.56. The molecule has 0 N–H and O–H groups in total. The van der Waals surface area contributed by atoms with Crippen molar-refractivity contribution in [3.8, 4) is 0 Å². The topological polar surface area (TPSA) is 66.4 Å². The molecule has 88 valence electrons. The summed E-state index contributed by atoms with van der Waals surface area (Å²) in [5, 5.41) is 10.5. The molecule has 0 aromatic heterocycles. The van der Waals surface area contributed by atoms with Crippen molar-refractivity contribution < 1.29 is 19.4 Å². The van der Waals surface area contributed by atoms with E-state index in [0.29, 0.717) is 18.8 Å². The van der Waals surface area contributed by atoms with Gasteiger partial charge in [-0.15, -0.1) is 0 Å². The Balaban J connectivity index is 3.86. The summed E-state index contributed by atoms with van der Waals surface area (Å²) < 4.78 is 4.51. The number of carboxylic acids is 1. The van der Waals surface area contributed by atoms with E-state index in [-0.39, 0.29) is 18.3 Å². The number of carbonyl (C=O) groups excluding carboxylic acids is 2. The van der Waals surface area contributed by atoms with Crippen LogP contribution in [-0.4, -0.2) is 19.0 Å². The number of rotatable bonds is 7. The molecule has 15 heavy (non-hydrogen) atoms. The van der Waals surface area contributed by atoms with Crippen LogP contribution in [0.25, 0.3) is 0 Å². The number of aliphatic carboxylic acids is 1. The van der Waals surface area contributed by atoms with Gasteiger partial charge in [-0.1, -0.05) is 13.8 Å². The summed E-state index contributed by atoms with van der Waals surface area (Å²) in [6.45, 7) is 3.96. The molecule has 0 saturated heterocycles. The van der Waals surface area contributed by atoms with Gasteiger partial charge in [0.25, 0.3) is 0 Å². The summed E-state index contributed by atoms with van der Waals surface area (Å²) >= 11 is 0. The first-order chi connectivity index (χ1) is 6.97. The molecular formula is C11H19O4-. The minimum Gasteiger partial charge on any atom is -0.550 e. The number of carbonyl (C=O) groups is 2. The number of hydrogen-bond donors (Lipinski definition) is 0. The molecule has 4 nitrogen and oxygen atoms in total. The van der Waals surface area contributed by atoms with Gasteiger partial charge in [-0.05, 0) is 31.1 Å². The Morgan fingerprint density at radius 3 is 2.33 bits per heavy atom. The van der Waals surface area contributed by atoms with Gasteiger partial charge in [0.2, 0.25) is 0 Å². The van der Waals surface area contributed by atoms with E-state index in [0.717, 1.165) is 6.42 Å². The number of carboxylic acid groups (broad SMARTS) is 1. The van der Waals surface area contributed by atoms with Crippen molar-refractivity contribution in [1.29, 1.82) is 0 Å². The molecule has 1 unspecified atom stereocenters. The zero-order valence-electron chi connectivity index (χ0n) is 9.62. The molecule has 0 aliphatic carbocycles. The summed E-state index contributed by atoms with van der Waals surface area (Å²) in [7, 11) is 1.35. The smallest absolute Gasteiger partial charge is 0.305 e. The van der Waals surface area contributed by atoms with Crippen LogP contribution in [0.4, 0.5) is 0 Å². The van der Waals surface area contributed by atoms with Crippen LogP contribution in [0, 0.1) is 11.8 Å². The highest BCUT2D eigenvalue weighted by Gasteiger charge is 2.14. The van der Waals surface area contributed by atoms with Crippen LogP contribution in [0.15, 0.2) is 0 Å². The molecule has 0 bridgehead atoms. The number of hydrogen-bond acceptors (Lipinski definition) is 4. The van der Waals surface area contributed by atoms with E-state index in [4.69, 9.17) is 0 Å². The van der Waals surface area contributed by atoms with Crippen LogP contribution >= 0.6 is 0 Å². The second kappa shape index (κ2) is 7.26. The lowest BCUT2D eigenvalue weighted by Crippen LogP contribution is -2.27. The highest BCUT2D eigenvalue weighted by molar-refractivity contribution is 5.69. The van der Waals surface area contributed by atoms with Crippen LogP contribution in [0.5, 0.6) is 0 Å². The summed E-state index contributed by atoms with van der Waals surface area (Å²) in [5.41, 5.74) is 0. The standard InChI is InChI=1S/C11H20O4/c1-8(2)9(7-10(12)13)5-4-6-11(14)15-3/h8-9H,4-7H2,1-3H3,(H,12,13)/p-1. The zero-order valence-corrected chi connectivity index (χ0v) is 9.62. The van der Waals surface area contributed by atoms with E-state index in [1.165, 1.54) is 7.11 Å². The van der Waals surface area contributed by atoms with Gasteiger partial charge in [0.1, 0.15) is 0 Å². The molecule has 1 atom stereocenters. The first-order valence-electron chi connectivity index (χ1n) is 5.24. The van der Waals surface area contributed by atoms with E-state index in [9.17, 15) is 14.7 Å². The van der Waals surface area contributed by atoms with Gasteiger partial charge >= 0.3 is 5.97 Å². The normalized spacial score (nSPS) is 12.5. The van der Waals surface area contributed by atoms with Crippen LogP contribution in [-0.2, 0) is 14.3 Å². The summed E-state index contributed by atoms with van der Waals surface area (Å²) in [5.74, 6) is -0.891. The average molecular weight is 215 g/mol. The second-order valence-corrected chi connectivity index (χ2v) is 4.05. The first-order valence-corrected chi connectivity index (χ1v) is 5.24. The molecule has 0 fully saturated rings. The van der Waals surface area contributed by atoms with Gasteiger partial charge < -0.3 is 14.6 Å².